The zero-order chi connectivity index (χ0) is 28.5. The van der Waals surface area contributed by atoms with Gasteiger partial charge in [-0.3, -0.25) is 14.4 Å². The number of hydrogen-bond acceptors (Lipinski definition) is 6. The molecule has 0 saturated carbocycles. The number of hydrogen-bond donors (Lipinski definition) is 0. The molecule has 0 spiro atoms. The summed E-state index contributed by atoms with van der Waals surface area (Å²) in [7, 11) is 0. The molecule has 0 bridgehead atoms. The summed E-state index contributed by atoms with van der Waals surface area (Å²) in [6.45, 7) is 6.36. The monoisotopic (exact) mass is 566 g/mol. The number of fused-ring (bicyclic) bond motifs is 2. The van der Waals surface area contributed by atoms with E-state index in [0.29, 0.717) is 39.5 Å². The predicted molar refractivity (Wildman–Crippen MR) is 154 cm³/mol. The summed E-state index contributed by atoms with van der Waals surface area (Å²) >= 11 is 6.12. The molecule has 8 nitrogen and oxygen atoms in total. The van der Waals surface area contributed by atoms with Crippen molar-refractivity contribution in [1.29, 1.82) is 0 Å². The molecule has 2 heterocycles. The molecule has 9 heteroatoms. The minimum atomic E-state index is -0.301. The van der Waals surface area contributed by atoms with E-state index >= 15 is 0 Å². The average molecular weight is 567 g/mol. The van der Waals surface area contributed by atoms with Crippen molar-refractivity contribution >= 4 is 34.4 Å². The fourth-order valence-electron chi connectivity index (χ4n) is 4.66. The highest BCUT2D eigenvalue weighted by molar-refractivity contribution is 6.31. The zero-order valence-electron chi connectivity index (χ0n) is 22.8. The first kappa shape index (κ1) is 29.2. The smallest absolute Gasteiger partial charge is 0.242 e. The van der Waals surface area contributed by atoms with Gasteiger partial charge in [-0.25, -0.2) is 0 Å². The number of halogens is 1. The van der Waals surface area contributed by atoms with Crippen LogP contribution in [-0.2, 0) is 22.7 Å². The lowest BCUT2D eigenvalue weighted by atomic mass is 10.1. The van der Waals surface area contributed by atoms with Crippen molar-refractivity contribution in [3.63, 3.8) is 0 Å². The minimum Gasteiger partial charge on any atom is -0.464 e. The van der Waals surface area contributed by atoms with Gasteiger partial charge < -0.3 is 23.7 Å². The normalized spacial score (nSPS) is 11.9. The van der Waals surface area contributed by atoms with Gasteiger partial charge in [0.2, 0.25) is 18.6 Å². The van der Waals surface area contributed by atoms with E-state index in [9.17, 15) is 14.4 Å². The molecule has 2 amide bonds. The fourth-order valence-corrected chi connectivity index (χ4v) is 4.83. The molecule has 0 N–H and O–H groups in total. The Labute approximate surface area is 239 Å². The number of carbonyl (C=O) groups is 2. The maximum absolute atomic E-state index is 13.7. The number of benzene rings is 2. The molecule has 0 radical (unpaired) electrons. The molecule has 1 aliphatic rings. The molecule has 4 rings (SSSR count). The highest BCUT2D eigenvalue weighted by Crippen LogP contribution is 2.33. The lowest BCUT2D eigenvalue weighted by Crippen LogP contribution is -2.43. The maximum Gasteiger partial charge on any atom is 0.242 e. The Hall–Kier alpha value is -3.78. The Morgan fingerprint density at radius 3 is 2.58 bits per heavy atom. The predicted octanol–water partition coefficient (Wildman–Crippen LogP) is 6.08. The Bertz CT molecular complexity index is 1420. The number of ether oxygens (including phenoxy) is 2. The highest BCUT2D eigenvalue weighted by atomic mass is 35.5. The van der Waals surface area contributed by atoms with Crippen LogP contribution in [0.5, 0.6) is 11.5 Å². The Balaban J connectivity index is 1.56. The van der Waals surface area contributed by atoms with Crippen LogP contribution in [0, 0.1) is 0 Å². The number of amides is 2. The third-order valence-electron chi connectivity index (χ3n) is 6.85. The molecule has 212 valence electrons. The standard InChI is InChI=1S/C31H35ClN2O6/c1-3-5-6-7-8-9-29(35)33(14-4-2)19-30(36)34(17-22-10-12-27-28(15-22)40-21-39-27)18-23-20-38-26-13-11-24(32)16-25(26)31(23)37/h4,10-13,15-16,20H,2-3,5-9,14,17-19,21H2,1H3. The molecule has 0 unspecified atom stereocenters. The lowest BCUT2D eigenvalue weighted by Gasteiger charge is -2.27. The van der Waals surface area contributed by atoms with Gasteiger partial charge in [-0.1, -0.05) is 56.4 Å². The van der Waals surface area contributed by atoms with Crippen LogP contribution in [-0.4, -0.2) is 41.5 Å². The molecule has 2 aromatic carbocycles. The van der Waals surface area contributed by atoms with Crippen LogP contribution in [0.25, 0.3) is 11.0 Å². The second-order valence-electron chi connectivity index (χ2n) is 9.90. The summed E-state index contributed by atoms with van der Waals surface area (Å²) in [5.41, 5.74) is 1.25. The molecular weight excluding hydrogens is 532 g/mol. The number of rotatable bonds is 14. The first-order valence-corrected chi connectivity index (χ1v) is 14.0. The number of nitrogens with zero attached hydrogens (tertiary/aromatic N) is 2. The first-order chi connectivity index (χ1) is 19.4. The largest absolute Gasteiger partial charge is 0.464 e. The van der Waals surface area contributed by atoms with Gasteiger partial charge in [0.25, 0.3) is 0 Å². The minimum absolute atomic E-state index is 0.00873. The first-order valence-electron chi connectivity index (χ1n) is 13.6. The van der Waals surface area contributed by atoms with E-state index < -0.39 is 0 Å². The summed E-state index contributed by atoms with van der Waals surface area (Å²) in [4.78, 5) is 43.1. The van der Waals surface area contributed by atoms with Crippen molar-refractivity contribution < 1.29 is 23.5 Å². The second kappa shape index (κ2) is 14.0. The van der Waals surface area contributed by atoms with Crippen LogP contribution in [0.3, 0.4) is 0 Å². The van der Waals surface area contributed by atoms with Gasteiger partial charge in [-0.15, -0.1) is 6.58 Å². The summed E-state index contributed by atoms with van der Waals surface area (Å²) in [5, 5.41) is 0.755. The summed E-state index contributed by atoms with van der Waals surface area (Å²) in [6.07, 6.45) is 8.50. The molecular formula is C31H35ClN2O6. The summed E-state index contributed by atoms with van der Waals surface area (Å²) in [6, 6.07) is 10.3. The van der Waals surface area contributed by atoms with Crippen molar-refractivity contribution in [2.45, 2.75) is 58.5 Å². The van der Waals surface area contributed by atoms with Crippen molar-refractivity contribution in [3.8, 4) is 11.5 Å². The van der Waals surface area contributed by atoms with Crippen molar-refractivity contribution in [2.24, 2.45) is 0 Å². The third-order valence-corrected chi connectivity index (χ3v) is 7.09. The molecule has 3 aromatic rings. The molecule has 1 aromatic heterocycles. The third kappa shape index (κ3) is 7.45. The molecule has 0 atom stereocenters. The summed E-state index contributed by atoms with van der Waals surface area (Å²) < 4.78 is 16.6. The van der Waals surface area contributed by atoms with Gasteiger partial charge in [0.05, 0.1) is 23.8 Å². The Morgan fingerprint density at radius 2 is 1.77 bits per heavy atom. The van der Waals surface area contributed by atoms with Crippen LogP contribution in [0.15, 0.2) is 64.5 Å². The second-order valence-corrected chi connectivity index (χ2v) is 10.3. The number of unbranched alkanes of at least 4 members (excludes halogenated alkanes) is 4. The Kier molecular flexibility index (Phi) is 10.2. The zero-order valence-corrected chi connectivity index (χ0v) is 23.6. The average Bonchev–Trinajstić information content (AvgIpc) is 3.42. The van der Waals surface area contributed by atoms with Gasteiger partial charge in [0, 0.05) is 24.5 Å². The SMILES string of the molecule is C=CCN(CC(=O)N(Cc1ccc2c(c1)OCO2)Cc1coc2ccc(Cl)cc2c1=O)C(=O)CCCCCCC. The van der Waals surface area contributed by atoms with Crippen molar-refractivity contribution in [2.75, 3.05) is 19.9 Å². The fraction of sp³-hybridized carbons (Fsp3) is 0.387. The Morgan fingerprint density at radius 1 is 0.975 bits per heavy atom. The van der Waals surface area contributed by atoms with Crippen LogP contribution < -0.4 is 14.9 Å². The molecule has 0 fully saturated rings. The van der Waals surface area contributed by atoms with Gasteiger partial charge >= 0.3 is 0 Å². The maximum atomic E-state index is 13.7. The molecule has 0 aliphatic carbocycles. The van der Waals surface area contributed by atoms with Crippen molar-refractivity contribution in [1.82, 2.24) is 9.80 Å². The molecule has 40 heavy (non-hydrogen) atoms. The van der Waals surface area contributed by atoms with Crippen LogP contribution in [0.2, 0.25) is 5.02 Å². The van der Waals surface area contributed by atoms with Gasteiger partial charge in [0.1, 0.15) is 12.1 Å². The highest BCUT2D eigenvalue weighted by Gasteiger charge is 2.23. The van der Waals surface area contributed by atoms with Gasteiger partial charge in [-0.2, -0.15) is 0 Å². The van der Waals surface area contributed by atoms with Gasteiger partial charge in [-0.05, 0) is 42.3 Å². The molecule has 0 saturated heterocycles. The van der Waals surface area contributed by atoms with Crippen LogP contribution in [0.1, 0.15) is 56.6 Å². The van der Waals surface area contributed by atoms with E-state index in [0.717, 1.165) is 37.7 Å². The van der Waals surface area contributed by atoms with E-state index in [1.807, 2.05) is 12.1 Å². The van der Waals surface area contributed by atoms with Crippen LogP contribution >= 0.6 is 11.6 Å². The quantitative estimate of drug-likeness (QED) is 0.173. The summed E-state index contributed by atoms with van der Waals surface area (Å²) in [5.74, 6) is 0.837. The van der Waals surface area contributed by atoms with E-state index in [-0.39, 0.29) is 50.2 Å². The van der Waals surface area contributed by atoms with E-state index in [2.05, 4.69) is 13.5 Å². The van der Waals surface area contributed by atoms with E-state index in [1.54, 1.807) is 35.2 Å². The van der Waals surface area contributed by atoms with Crippen LogP contribution in [0.4, 0.5) is 0 Å². The molecule has 1 aliphatic heterocycles. The van der Waals surface area contributed by atoms with E-state index in [4.69, 9.17) is 25.5 Å². The topological polar surface area (TPSA) is 89.3 Å². The lowest BCUT2D eigenvalue weighted by molar-refractivity contribution is -0.140. The van der Waals surface area contributed by atoms with Crippen molar-refractivity contribution in [3.05, 3.63) is 81.7 Å². The number of carbonyl (C=O) groups excluding carboxylic acids is 2. The van der Waals surface area contributed by atoms with Gasteiger partial charge in [0.15, 0.2) is 16.9 Å². The van der Waals surface area contributed by atoms with E-state index in [1.165, 1.54) is 11.2 Å².